The Kier molecular flexibility index (Phi) is 4.99. The summed E-state index contributed by atoms with van der Waals surface area (Å²) in [6, 6.07) is 16.0. The van der Waals surface area contributed by atoms with Crippen LogP contribution in [-0.2, 0) is 0 Å². The number of benzene rings is 2. The summed E-state index contributed by atoms with van der Waals surface area (Å²) in [6.07, 6.45) is 0. The van der Waals surface area contributed by atoms with E-state index in [1.807, 2.05) is 6.07 Å². The zero-order valence-corrected chi connectivity index (χ0v) is 15.0. The molecule has 0 bridgehead atoms. The summed E-state index contributed by atoms with van der Waals surface area (Å²) in [5.41, 5.74) is 3.16. The van der Waals surface area contributed by atoms with Gasteiger partial charge in [0.2, 0.25) is 0 Å². The van der Waals surface area contributed by atoms with Crippen LogP contribution in [0.2, 0.25) is 20.1 Å². The van der Waals surface area contributed by atoms with Crippen LogP contribution in [0.1, 0.15) is 5.56 Å². The van der Waals surface area contributed by atoms with Crippen LogP contribution in [0.25, 0.3) is 22.5 Å². The lowest BCUT2D eigenvalue weighted by Crippen LogP contribution is -1.93. The lowest BCUT2D eigenvalue weighted by molar-refractivity contribution is 1.30. The van der Waals surface area contributed by atoms with Crippen molar-refractivity contribution in [3.05, 3.63) is 74.2 Å². The molecule has 0 atom stereocenters. The largest absolute Gasteiger partial charge is 0.246 e. The number of nitriles is 1. The van der Waals surface area contributed by atoms with Crippen molar-refractivity contribution in [3.8, 4) is 28.6 Å². The van der Waals surface area contributed by atoms with Gasteiger partial charge in [-0.3, -0.25) is 0 Å². The molecule has 0 unspecified atom stereocenters. The number of aromatic nitrogens is 1. The molecule has 24 heavy (non-hydrogen) atoms. The van der Waals surface area contributed by atoms with Gasteiger partial charge in [0, 0.05) is 11.1 Å². The molecular weight excluding hydrogens is 386 g/mol. The lowest BCUT2D eigenvalue weighted by Gasteiger charge is -2.09. The van der Waals surface area contributed by atoms with Crippen molar-refractivity contribution in [2.45, 2.75) is 0 Å². The summed E-state index contributed by atoms with van der Waals surface area (Å²) in [5, 5.41) is 11.1. The molecule has 3 rings (SSSR count). The average Bonchev–Trinajstić information content (AvgIpc) is 2.59. The monoisotopic (exact) mass is 392 g/mol. The van der Waals surface area contributed by atoms with Gasteiger partial charge in [0.1, 0.15) is 6.07 Å². The maximum Gasteiger partial charge on any atom is 0.101 e. The third-order valence-electron chi connectivity index (χ3n) is 3.42. The molecule has 2 aromatic carbocycles. The normalized spacial score (nSPS) is 10.5. The minimum atomic E-state index is 0.403. The molecule has 1 heterocycles. The molecule has 0 amide bonds. The number of rotatable bonds is 2. The molecule has 0 saturated heterocycles. The Labute approximate surface area is 159 Å². The van der Waals surface area contributed by atoms with Crippen LogP contribution in [-0.4, -0.2) is 4.98 Å². The third kappa shape index (κ3) is 3.36. The molecule has 0 radical (unpaired) electrons. The van der Waals surface area contributed by atoms with Crippen LogP contribution in [0.5, 0.6) is 0 Å². The molecule has 1 aromatic heterocycles. The van der Waals surface area contributed by atoms with Crippen LogP contribution in [0.15, 0.2) is 48.5 Å². The first-order valence-electron chi connectivity index (χ1n) is 6.81. The smallest absolute Gasteiger partial charge is 0.101 e. The van der Waals surface area contributed by atoms with Crippen molar-refractivity contribution >= 4 is 46.4 Å². The number of halogens is 4. The van der Waals surface area contributed by atoms with E-state index in [9.17, 15) is 5.26 Å². The number of pyridine rings is 1. The second kappa shape index (κ2) is 7.01. The van der Waals surface area contributed by atoms with Gasteiger partial charge >= 0.3 is 0 Å². The Morgan fingerprint density at radius 3 is 1.88 bits per heavy atom. The average molecular weight is 394 g/mol. The fourth-order valence-electron chi connectivity index (χ4n) is 2.23. The number of nitrogens with zero attached hydrogens (tertiary/aromatic N) is 2. The van der Waals surface area contributed by atoms with Crippen LogP contribution in [0.4, 0.5) is 0 Å². The summed E-state index contributed by atoms with van der Waals surface area (Å²) in [5.74, 6) is 0. The van der Waals surface area contributed by atoms with E-state index in [1.165, 1.54) is 0 Å². The van der Waals surface area contributed by atoms with E-state index in [4.69, 9.17) is 46.4 Å². The van der Waals surface area contributed by atoms with Gasteiger partial charge in [-0.25, -0.2) is 4.98 Å². The van der Waals surface area contributed by atoms with E-state index in [-0.39, 0.29) is 0 Å². The van der Waals surface area contributed by atoms with Gasteiger partial charge in [-0.15, -0.1) is 0 Å². The Bertz CT molecular complexity index is 977. The van der Waals surface area contributed by atoms with Crippen LogP contribution < -0.4 is 0 Å². The highest BCUT2D eigenvalue weighted by Crippen LogP contribution is 2.32. The third-order valence-corrected chi connectivity index (χ3v) is 4.90. The molecule has 2 nitrogen and oxygen atoms in total. The van der Waals surface area contributed by atoms with Crippen molar-refractivity contribution in [1.82, 2.24) is 4.98 Å². The van der Waals surface area contributed by atoms with Crippen LogP contribution in [0, 0.1) is 11.3 Å². The van der Waals surface area contributed by atoms with Gasteiger partial charge in [0.25, 0.3) is 0 Å². The molecule has 0 fully saturated rings. The van der Waals surface area contributed by atoms with E-state index in [2.05, 4.69) is 11.1 Å². The summed E-state index contributed by atoms with van der Waals surface area (Å²) in [7, 11) is 0. The van der Waals surface area contributed by atoms with Gasteiger partial charge in [0.05, 0.1) is 37.0 Å². The first-order valence-corrected chi connectivity index (χ1v) is 8.33. The van der Waals surface area contributed by atoms with Crippen molar-refractivity contribution in [3.63, 3.8) is 0 Å². The predicted octanol–water partition coefficient (Wildman–Crippen LogP) is 6.90. The van der Waals surface area contributed by atoms with E-state index >= 15 is 0 Å². The second-order valence-corrected chi connectivity index (χ2v) is 6.59. The Balaban J connectivity index is 2.16. The summed E-state index contributed by atoms with van der Waals surface area (Å²) >= 11 is 24.1. The molecule has 118 valence electrons. The van der Waals surface area contributed by atoms with Crippen LogP contribution in [0.3, 0.4) is 0 Å². The topological polar surface area (TPSA) is 36.7 Å². The fraction of sp³-hybridized carbons (Fsp3) is 0. The van der Waals surface area contributed by atoms with E-state index in [0.717, 1.165) is 5.56 Å². The first kappa shape index (κ1) is 17.1. The van der Waals surface area contributed by atoms with Crippen molar-refractivity contribution in [1.29, 1.82) is 5.26 Å². The van der Waals surface area contributed by atoms with E-state index < -0.39 is 0 Å². The highest BCUT2D eigenvalue weighted by molar-refractivity contribution is 6.42. The molecule has 3 aromatic rings. The first-order chi connectivity index (χ1) is 11.5. The molecule has 0 N–H and O–H groups in total. The second-order valence-electron chi connectivity index (χ2n) is 4.96. The zero-order chi connectivity index (χ0) is 17.3. The minimum absolute atomic E-state index is 0.403. The zero-order valence-electron chi connectivity index (χ0n) is 12.0. The number of hydrogen-bond acceptors (Lipinski definition) is 2. The maximum absolute atomic E-state index is 9.36. The molecular formula is C18H8Cl4N2. The number of hydrogen-bond donors (Lipinski definition) is 0. The summed E-state index contributed by atoms with van der Waals surface area (Å²) in [6.45, 7) is 0. The Morgan fingerprint density at radius 1 is 0.708 bits per heavy atom. The summed E-state index contributed by atoms with van der Waals surface area (Å²) < 4.78 is 0. The maximum atomic E-state index is 9.36. The van der Waals surface area contributed by atoms with Crippen molar-refractivity contribution in [2.24, 2.45) is 0 Å². The van der Waals surface area contributed by atoms with Gasteiger partial charge in [-0.1, -0.05) is 58.5 Å². The fourth-order valence-corrected chi connectivity index (χ4v) is 2.83. The van der Waals surface area contributed by atoms with Crippen molar-refractivity contribution in [2.75, 3.05) is 0 Å². The molecule has 0 saturated carbocycles. The quantitative estimate of drug-likeness (QED) is 0.474. The predicted molar refractivity (Wildman–Crippen MR) is 99.9 cm³/mol. The molecule has 0 spiro atoms. The van der Waals surface area contributed by atoms with Crippen LogP contribution >= 0.6 is 46.4 Å². The molecule has 0 aliphatic rings. The van der Waals surface area contributed by atoms with Gasteiger partial charge in [-0.05, 0) is 36.4 Å². The summed E-state index contributed by atoms with van der Waals surface area (Å²) in [4.78, 5) is 4.60. The minimum Gasteiger partial charge on any atom is -0.246 e. The Hall–Kier alpha value is -1.76. The molecule has 0 aliphatic carbocycles. The van der Waals surface area contributed by atoms with Gasteiger partial charge in [0.15, 0.2) is 0 Å². The highest BCUT2D eigenvalue weighted by Gasteiger charge is 2.12. The SMILES string of the molecule is N#Cc1ccc(-c2ccc(Cl)c(Cl)c2)nc1-c1ccc(Cl)c(Cl)c1. The Morgan fingerprint density at radius 2 is 1.29 bits per heavy atom. The van der Waals surface area contributed by atoms with Crippen molar-refractivity contribution < 1.29 is 0 Å². The molecule has 6 heteroatoms. The van der Waals surface area contributed by atoms with Gasteiger partial charge < -0.3 is 0 Å². The standard InChI is InChI=1S/C18H8Cl4N2/c19-13-4-1-10(7-15(13)21)17-6-3-12(9-23)18(24-17)11-2-5-14(20)16(22)8-11/h1-8H. The van der Waals surface area contributed by atoms with E-state index in [1.54, 1.807) is 42.5 Å². The lowest BCUT2D eigenvalue weighted by atomic mass is 10.0. The molecule has 0 aliphatic heterocycles. The van der Waals surface area contributed by atoms with E-state index in [0.29, 0.717) is 42.6 Å². The highest BCUT2D eigenvalue weighted by atomic mass is 35.5. The van der Waals surface area contributed by atoms with Gasteiger partial charge in [-0.2, -0.15) is 5.26 Å².